The van der Waals surface area contributed by atoms with Crippen molar-refractivity contribution in [2.45, 2.75) is 32.1 Å². The first-order valence-corrected chi connectivity index (χ1v) is 5.08. The Morgan fingerprint density at radius 2 is 2.33 bits per heavy atom. The molecule has 1 saturated heterocycles. The standard InChI is InChI=1S/C10H15NO/c12-9-8-5-10(8,6-11-9)4-7-2-1-3-7/h7-8H,1-6H2,(H,11,12). The van der Waals surface area contributed by atoms with E-state index in [4.69, 9.17) is 0 Å². The molecule has 0 aromatic carbocycles. The van der Waals surface area contributed by atoms with Crippen LogP contribution in [0, 0.1) is 17.3 Å². The fourth-order valence-corrected chi connectivity index (χ4v) is 2.87. The van der Waals surface area contributed by atoms with Gasteiger partial charge in [0.05, 0.1) is 0 Å². The van der Waals surface area contributed by atoms with Crippen molar-refractivity contribution in [3.05, 3.63) is 0 Å². The van der Waals surface area contributed by atoms with E-state index < -0.39 is 0 Å². The van der Waals surface area contributed by atoms with Gasteiger partial charge in [0.1, 0.15) is 0 Å². The molecule has 1 aliphatic heterocycles. The monoisotopic (exact) mass is 165 g/mol. The number of fused-ring (bicyclic) bond motifs is 1. The molecule has 2 unspecified atom stereocenters. The van der Waals surface area contributed by atoms with Crippen LogP contribution in [-0.4, -0.2) is 12.5 Å². The molecule has 0 aromatic rings. The molecule has 2 aliphatic carbocycles. The third kappa shape index (κ3) is 0.782. The first-order valence-electron chi connectivity index (χ1n) is 5.08. The number of nitrogens with one attached hydrogen (secondary N) is 1. The van der Waals surface area contributed by atoms with Crippen LogP contribution in [0.4, 0.5) is 0 Å². The van der Waals surface area contributed by atoms with Crippen molar-refractivity contribution in [3.8, 4) is 0 Å². The number of amides is 1. The first kappa shape index (κ1) is 6.93. The zero-order chi connectivity index (χ0) is 8.18. The molecule has 1 amide bonds. The van der Waals surface area contributed by atoms with Crippen LogP contribution < -0.4 is 5.32 Å². The van der Waals surface area contributed by atoms with Gasteiger partial charge in [-0.3, -0.25) is 4.79 Å². The zero-order valence-electron chi connectivity index (χ0n) is 7.31. The van der Waals surface area contributed by atoms with Gasteiger partial charge in [-0.2, -0.15) is 0 Å². The highest BCUT2D eigenvalue weighted by molar-refractivity contribution is 5.85. The van der Waals surface area contributed by atoms with Crippen molar-refractivity contribution in [3.63, 3.8) is 0 Å². The largest absolute Gasteiger partial charge is 0.355 e. The Morgan fingerprint density at radius 1 is 1.50 bits per heavy atom. The second-order valence-corrected chi connectivity index (χ2v) is 4.84. The molecule has 2 atom stereocenters. The summed E-state index contributed by atoms with van der Waals surface area (Å²) in [5.74, 6) is 1.70. The molecule has 1 N–H and O–H groups in total. The van der Waals surface area contributed by atoms with Gasteiger partial charge in [0.25, 0.3) is 0 Å². The SMILES string of the molecule is O=C1NCC2(CC3CCC3)CC12. The lowest BCUT2D eigenvalue weighted by molar-refractivity contribution is -0.120. The number of hydrogen-bond acceptors (Lipinski definition) is 1. The van der Waals surface area contributed by atoms with E-state index in [2.05, 4.69) is 5.32 Å². The van der Waals surface area contributed by atoms with Crippen molar-refractivity contribution in [1.82, 2.24) is 5.32 Å². The molecule has 12 heavy (non-hydrogen) atoms. The lowest BCUT2D eigenvalue weighted by Gasteiger charge is -2.28. The van der Waals surface area contributed by atoms with Crippen molar-refractivity contribution in [2.75, 3.05) is 6.54 Å². The van der Waals surface area contributed by atoms with Crippen molar-refractivity contribution < 1.29 is 4.79 Å². The Bertz CT molecular complexity index is 234. The Kier molecular flexibility index (Phi) is 1.18. The van der Waals surface area contributed by atoms with Gasteiger partial charge >= 0.3 is 0 Å². The minimum Gasteiger partial charge on any atom is -0.355 e. The lowest BCUT2D eigenvalue weighted by Crippen LogP contribution is -2.23. The number of rotatable bonds is 2. The summed E-state index contributed by atoms with van der Waals surface area (Å²) in [4.78, 5) is 11.2. The third-order valence-electron chi connectivity index (χ3n) is 4.04. The topological polar surface area (TPSA) is 29.1 Å². The molecule has 66 valence electrons. The van der Waals surface area contributed by atoms with Gasteiger partial charge in [-0.1, -0.05) is 19.3 Å². The minimum atomic E-state index is 0.328. The number of carbonyl (C=O) groups is 1. The molecule has 3 rings (SSSR count). The Morgan fingerprint density at radius 3 is 2.75 bits per heavy atom. The molecule has 0 aromatic heterocycles. The van der Waals surface area contributed by atoms with Gasteiger partial charge in [0.2, 0.25) is 5.91 Å². The maximum Gasteiger partial charge on any atom is 0.223 e. The molecular formula is C10H15NO. The Labute approximate surface area is 72.7 Å². The summed E-state index contributed by atoms with van der Waals surface area (Å²) < 4.78 is 0. The highest BCUT2D eigenvalue weighted by Crippen LogP contribution is 2.60. The van der Waals surface area contributed by atoms with Crippen LogP contribution in [0.1, 0.15) is 32.1 Å². The van der Waals surface area contributed by atoms with E-state index in [1.807, 2.05) is 0 Å². The zero-order valence-corrected chi connectivity index (χ0v) is 7.31. The van der Waals surface area contributed by atoms with Gasteiger partial charge in [-0.25, -0.2) is 0 Å². The second kappa shape index (κ2) is 2.04. The van der Waals surface area contributed by atoms with Crippen molar-refractivity contribution in [2.24, 2.45) is 17.3 Å². The molecule has 0 bridgehead atoms. The Balaban J connectivity index is 1.66. The number of hydrogen-bond donors (Lipinski definition) is 1. The van der Waals surface area contributed by atoms with E-state index in [1.54, 1.807) is 0 Å². The molecular weight excluding hydrogens is 150 g/mol. The van der Waals surface area contributed by atoms with E-state index in [0.717, 1.165) is 12.5 Å². The van der Waals surface area contributed by atoms with Crippen LogP contribution in [0.25, 0.3) is 0 Å². The first-order chi connectivity index (χ1) is 5.80. The van der Waals surface area contributed by atoms with Gasteiger partial charge in [-0.05, 0) is 18.8 Å². The number of piperidine rings is 1. The van der Waals surface area contributed by atoms with Crippen molar-refractivity contribution in [1.29, 1.82) is 0 Å². The van der Waals surface area contributed by atoms with E-state index in [9.17, 15) is 4.79 Å². The second-order valence-electron chi connectivity index (χ2n) is 4.84. The minimum absolute atomic E-state index is 0.328. The third-order valence-corrected chi connectivity index (χ3v) is 4.04. The fourth-order valence-electron chi connectivity index (χ4n) is 2.87. The van der Waals surface area contributed by atoms with Crippen LogP contribution >= 0.6 is 0 Å². The Hall–Kier alpha value is -0.530. The van der Waals surface area contributed by atoms with Gasteiger partial charge in [0.15, 0.2) is 0 Å². The van der Waals surface area contributed by atoms with Gasteiger partial charge < -0.3 is 5.32 Å². The predicted molar refractivity (Wildman–Crippen MR) is 45.5 cm³/mol. The van der Waals surface area contributed by atoms with E-state index in [1.165, 1.54) is 32.1 Å². The van der Waals surface area contributed by atoms with Crippen LogP contribution in [0.3, 0.4) is 0 Å². The highest BCUT2D eigenvalue weighted by atomic mass is 16.2. The van der Waals surface area contributed by atoms with E-state index in [-0.39, 0.29) is 0 Å². The van der Waals surface area contributed by atoms with E-state index in [0.29, 0.717) is 17.2 Å². The summed E-state index contributed by atoms with van der Waals surface area (Å²) in [6.07, 6.45) is 6.78. The van der Waals surface area contributed by atoms with E-state index >= 15 is 0 Å². The fraction of sp³-hybridized carbons (Fsp3) is 0.900. The van der Waals surface area contributed by atoms with Crippen LogP contribution in [0.2, 0.25) is 0 Å². The maximum absolute atomic E-state index is 11.2. The summed E-state index contributed by atoms with van der Waals surface area (Å²) in [6.45, 7) is 0.979. The van der Waals surface area contributed by atoms with Crippen LogP contribution in [0.15, 0.2) is 0 Å². The summed E-state index contributed by atoms with van der Waals surface area (Å²) >= 11 is 0. The number of carbonyl (C=O) groups excluding carboxylic acids is 1. The summed E-state index contributed by atoms with van der Waals surface area (Å²) in [5, 5.41) is 2.97. The lowest BCUT2D eigenvalue weighted by atomic mass is 9.77. The highest BCUT2D eigenvalue weighted by Gasteiger charge is 2.62. The normalized spacial score (nSPS) is 45.0. The molecule has 0 radical (unpaired) electrons. The maximum atomic E-state index is 11.2. The molecule has 0 spiro atoms. The predicted octanol–water partition coefficient (Wildman–Crippen LogP) is 1.31. The van der Waals surface area contributed by atoms with Crippen LogP contribution in [0.5, 0.6) is 0 Å². The van der Waals surface area contributed by atoms with Gasteiger partial charge in [0, 0.05) is 17.9 Å². The molecule has 3 fully saturated rings. The molecule has 3 aliphatic rings. The summed E-state index contributed by atoms with van der Waals surface area (Å²) in [6, 6.07) is 0. The van der Waals surface area contributed by atoms with Crippen molar-refractivity contribution >= 4 is 5.91 Å². The quantitative estimate of drug-likeness (QED) is 0.656. The smallest absolute Gasteiger partial charge is 0.223 e. The van der Waals surface area contributed by atoms with Gasteiger partial charge in [-0.15, -0.1) is 0 Å². The molecule has 2 nitrogen and oxygen atoms in total. The van der Waals surface area contributed by atoms with Crippen LogP contribution in [-0.2, 0) is 4.79 Å². The molecule has 2 saturated carbocycles. The summed E-state index contributed by atoms with van der Waals surface area (Å²) in [7, 11) is 0. The average molecular weight is 165 g/mol. The molecule has 2 heteroatoms. The average Bonchev–Trinajstić information content (AvgIpc) is 2.62. The summed E-state index contributed by atoms with van der Waals surface area (Å²) in [5.41, 5.74) is 0.447. The molecule has 1 heterocycles.